The number of piperidine rings is 2. The summed E-state index contributed by atoms with van der Waals surface area (Å²) >= 11 is 0. The lowest BCUT2D eigenvalue weighted by molar-refractivity contribution is 0.0908. The van der Waals surface area contributed by atoms with Gasteiger partial charge in [-0.25, -0.2) is 4.68 Å². The number of nitrogens with one attached hydrogen (secondary N) is 2. The molecule has 2 N–H and O–H groups in total. The standard InChI is InChI=1S/C22H32N6O.2ClH/c1-17-9-13-27(14-10-17)21(18-5-3-2-4-6-18)15-24-22(29)20-16-28(26-25-20)19-7-11-23-12-8-19;;/h2-6,16-17,19,21,23H,7-15H2,1H3,(H,24,29);2*1H. The average Bonchev–Trinajstić information content (AvgIpc) is 3.27. The summed E-state index contributed by atoms with van der Waals surface area (Å²) in [7, 11) is 0. The van der Waals surface area contributed by atoms with Gasteiger partial charge in [-0.15, -0.1) is 29.9 Å². The van der Waals surface area contributed by atoms with E-state index < -0.39 is 0 Å². The Kier molecular flexibility index (Phi) is 10.2. The van der Waals surface area contributed by atoms with Crippen LogP contribution in [0, 0.1) is 5.92 Å². The number of nitrogens with zero attached hydrogens (tertiary/aromatic N) is 4. The van der Waals surface area contributed by atoms with Crippen molar-refractivity contribution in [2.45, 2.75) is 44.7 Å². The summed E-state index contributed by atoms with van der Waals surface area (Å²) in [4.78, 5) is 15.3. The van der Waals surface area contributed by atoms with E-state index in [1.807, 2.05) is 10.7 Å². The lowest BCUT2D eigenvalue weighted by Crippen LogP contribution is -2.42. The minimum absolute atomic E-state index is 0. The maximum Gasteiger partial charge on any atom is 0.273 e. The van der Waals surface area contributed by atoms with E-state index in [0.717, 1.165) is 44.9 Å². The Hall–Kier alpha value is -1.67. The van der Waals surface area contributed by atoms with Gasteiger partial charge in [0.05, 0.1) is 18.3 Å². The van der Waals surface area contributed by atoms with Crippen LogP contribution in [0.25, 0.3) is 0 Å². The zero-order valence-electron chi connectivity index (χ0n) is 18.1. The molecule has 1 aromatic heterocycles. The van der Waals surface area contributed by atoms with Crippen molar-refractivity contribution in [3.8, 4) is 0 Å². The van der Waals surface area contributed by atoms with Gasteiger partial charge in [0.25, 0.3) is 5.91 Å². The van der Waals surface area contributed by atoms with Crippen LogP contribution in [0.5, 0.6) is 0 Å². The van der Waals surface area contributed by atoms with Crippen molar-refractivity contribution in [2.75, 3.05) is 32.7 Å². The lowest BCUT2D eigenvalue weighted by Gasteiger charge is -2.37. The predicted octanol–water partition coefficient (Wildman–Crippen LogP) is 3.25. The summed E-state index contributed by atoms with van der Waals surface area (Å²) < 4.78 is 1.86. The van der Waals surface area contributed by atoms with Gasteiger partial charge in [0.2, 0.25) is 0 Å². The second-order valence-electron chi connectivity index (χ2n) is 8.42. The molecule has 1 aromatic carbocycles. The smallest absolute Gasteiger partial charge is 0.273 e. The summed E-state index contributed by atoms with van der Waals surface area (Å²) in [6, 6.07) is 11.0. The van der Waals surface area contributed by atoms with Gasteiger partial charge >= 0.3 is 0 Å². The van der Waals surface area contributed by atoms with Crippen LogP contribution in [-0.4, -0.2) is 58.5 Å². The van der Waals surface area contributed by atoms with Crippen LogP contribution in [0.3, 0.4) is 0 Å². The molecule has 3 heterocycles. The Labute approximate surface area is 197 Å². The molecular weight excluding hydrogens is 435 g/mol. The van der Waals surface area contributed by atoms with Gasteiger partial charge < -0.3 is 10.6 Å². The molecule has 172 valence electrons. The van der Waals surface area contributed by atoms with Crippen LogP contribution in [0.2, 0.25) is 0 Å². The minimum atomic E-state index is -0.142. The number of hydrogen-bond donors (Lipinski definition) is 2. The number of rotatable bonds is 6. The number of carbonyl (C=O) groups excluding carboxylic acids is 1. The number of hydrogen-bond acceptors (Lipinski definition) is 5. The van der Waals surface area contributed by atoms with Crippen LogP contribution in [-0.2, 0) is 0 Å². The van der Waals surface area contributed by atoms with Crippen molar-refractivity contribution in [2.24, 2.45) is 5.92 Å². The van der Waals surface area contributed by atoms with E-state index in [4.69, 9.17) is 0 Å². The number of likely N-dealkylation sites (tertiary alicyclic amines) is 1. The van der Waals surface area contributed by atoms with E-state index in [-0.39, 0.29) is 36.8 Å². The molecule has 7 nitrogen and oxygen atoms in total. The van der Waals surface area contributed by atoms with Crippen molar-refractivity contribution in [3.63, 3.8) is 0 Å². The van der Waals surface area contributed by atoms with Gasteiger partial charge in [-0.05, 0) is 63.3 Å². The van der Waals surface area contributed by atoms with Crippen LogP contribution >= 0.6 is 24.8 Å². The molecule has 1 unspecified atom stereocenters. The van der Waals surface area contributed by atoms with E-state index in [1.165, 1.54) is 18.4 Å². The van der Waals surface area contributed by atoms with E-state index in [2.05, 4.69) is 57.0 Å². The van der Waals surface area contributed by atoms with Crippen molar-refractivity contribution in [1.29, 1.82) is 0 Å². The van der Waals surface area contributed by atoms with E-state index in [9.17, 15) is 4.79 Å². The van der Waals surface area contributed by atoms with E-state index in [1.54, 1.807) is 6.20 Å². The zero-order chi connectivity index (χ0) is 20.1. The Bertz CT molecular complexity index is 788. The van der Waals surface area contributed by atoms with Gasteiger partial charge in [-0.3, -0.25) is 9.69 Å². The Morgan fingerprint density at radius 3 is 2.48 bits per heavy atom. The average molecular weight is 469 g/mol. The highest BCUT2D eigenvalue weighted by molar-refractivity contribution is 5.91. The molecule has 1 atom stereocenters. The number of carbonyl (C=O) groups is 1. The fourth-order valence-corrected chi connectivity index (χ4v) is 4.38. The third-order valence-corrected chi connectivity index (χ3v) is 6.33. The zero-order valence-corrected chi connectivity index (χ0v) is 19.7. The van der Waals surface area contributed by atoms with Crippen LogP contribution in [0.1, 0.15) is 60.7 Å². The quantitative estimate of drug-likeness (QED) is 0.680. The third kappa shape index (κ3) is 6.65. The first-order chi connectivity index (χ1) is 14.2. The molecule has 2 aliphatic heterocycles. The molecule has 1 amide bonds. The van der Waals surface area contributed by atoms with Crippen molar-refractivity contribution < 1.29 is 4.79 Å². The normalized spacial score (nSPS) is 19.1. The highest BCUT2D eigenvalue weighted by Crippen LogP contribution is 2.26. The number of amides is 1. The molecule has 2 fully saturated rings. The molecule has 0 radical (unpaired) electrons. The molecule has 2 aliphatic rings. The molecule has 2 saturated heterocycles. The predicted molar refractivity (Wildman–Crippen MR) is 127 cm³/mol. The van der Waals surface area contributed by atoms with Crippen LogP contribution in [0.15, 0.2) is 36.5 Å². The second-order valence-corrected chi connectivity index (χ2v) is 8.42. The highest BCUT2D eigenvalue weighted by atomic mass is 35.5. The first-order valence-electron chi connectivity index (χ1n) is 10.9. The summed E-state index contributed by atoms with van der Waals surface area (Å²) in [6.45, 7) is 7.02. The van der Waals surface area contributed by atoms with E-state index >= 15 is 0 Å². The highest BCUT2D eigenvalue weighted by Gasteiger charge is 2.26. The topological polar surface area (TPSA) is 75.1 Å². The summed E-state index contributed by atoms with van der Waals surface area (Å²) in [5, 5.41) is 14.8. The number of benzene rings is 1. The third-order valence-electron chi connectivity index (χ3n) is 6.33. The molecule has 4 rings (SSSR count). The van der Waals surface area contributed by atoms with Gasteiger partial charge in [0.15, 0.2) is 5.69 Å². The van der Waals surface area contributed by atoms with Gasteiger partial charge in [0, 0.05) is 6.54 Å². The fourth-order valence-electron chi connectivity index (χ4n) is 4.38. The largest absolute Gasteiger partial charge is 0.349 e. The minimum Gasteiger partial charge on any atom is -0.349 e. The Morgan fingerprint density at radius 1 is 1.13 bits per heavy atom. The fraction of sp³-hybridized carbons (Fsp3) is 0.591. The molecule has 31 heavy (non-hydrogen) atoms. The molecule has 0 bridgehead atoms. The second kappa shape index (κ2) is 12.4. The van der Waals surface area contributed by atoms with Gasteiger partial charge in [-0.2, -0.15) is 0 Å². The summed E-state index contributed by atoms with van der Waals surface area (Å²) in [5.41, 5.74) is 1.66. The molecule has 2 aromatic rings. The SMILES string of the molecule is CC1CCN(C(CNC(=O)c2cn(C3CCNCC3)nn2)c2ccccc2)CC1.Cl.Cl. The van der Waals surface area contributed by atoms with Gasteiger partial charge in [0.1, 0.15) is 0 Å². The van der Waals surface area contributed by atoms with Gasteiger partial charge in [-0.1, -0.05) is 42.5 Å². The lowest BCUT2D eigenvalue weighted by atomic mass is 9.95. The maximum absolute atomic E-state index is 12.8. The van der Waals surface area contributed by atoms with Crippen molar-refractivity contribution in [1.82, 2.24) is 30.5 Å². The van der Waals surface area contributed by atoms with Crippen LogP contribution in [0.4, 0.5) is 0 Å². The molecular formula is C22H34Cl2N6O. The van der Waals surface area contributed by atoms with Crippen molar-refractivity contribution in [3.05, 3.63) is 47.8 Å². The molecule has 0 aliphatic carbocycles. The first kappa shape index (κ1) is 25.6. The van der Waals surface area contributed by atoms with Crippen LogP contribution < -0.4 is 10.6 Å². The molecule has 9 heteroatoms. The van der Waals surface area contributed by atoms with E-state index in [0.29, 0.717) is 18.3 Å². The molecule has 0 spiro atoms. The maximum atomic E-state index is 12.8. The Morgan fingerprint density at radius 2 is 1.81 bits per heavy atom. The van der Waals surface area contributed by atoms with Crippen molar-refractivity contribution >= 4 is 30.7 Å². The summed E-state index contributed by atoms with van der Waals surface area (Å²) in [5.74, 6) is 0.638. The summed E-state index contributed by atoms with van der Waals surface area (Å²) in [6.07, 6.45) is 6.26. The number of aromatic nitrogens is 3. The number of halogens is 2. The monoisotopic (exact) mass is 468 g/mol. The Balaban J connectivity index is 0.00000171. The molecule has 0 saturated carbocycles. The first-order valence-corrected chi connectivity index (χ1v) is 10.9.